The van der Waals surface area contributed by atoms with E-state index in [4.69, 9.17) is 9.57 Å². The number of hydrogen-bond donors (Lipinski definition) is 1. The van der Waals surface area contributed by atoms with E-state index < -0.39 is 5.54 Å². The monoisotopic (exact) mass is 451 g/mol. The van der Waals surface area contributed by atoms with E-state index in [-0.39, 0.29) is 12.4 Å². The van der Waals surface area contributed by atoms with Gasteiger partial charge >= 0.3 is 5.97 Å². The molecule has 0 radical (unpaired) electrons. The molecule has 0 aliphatic rings. The van der Waals surface area contributed by atoms with Crippen molar-refractivity contribution in [3.05, 3.63) is 132 Å². The molecule has 0 amide bonds. The molecule has 4 aromatic carbocycles. The van der Waals surface area contributed by atoms with E-state index in [1.165, 1.54) is 0 Å². The fraction of sp³-hybridized carbons (Fsp3) is 0.167. The first-order valence-electron chi connectivity index (χ1n) is 11.5. The van der Waals surface area contributed by atoms with Gasteiger partial charge in [0.1, 0.15) is 11.5 Å². The molecule has 172 valence electrons. The summed E-state index contributed by atoms with van der Waals surface area (Å²) in [5, 5.41) is 0. The zero-order valence-corrected chi connectivity index (χ0v) is 19.3. The van der Waals surface area contributed by atoms with Crippen molar-refractivity contribution in [2.45, 2.75) is 31.7 Å². The lowest BCUT2D eigenvalue weighted by Crippen LogP contribution is -2.42. The average Bonchev–Trinajstić information content (AvgIpc) is 2.88. The van der Waals surface area contributed by atoms with Gasteiger partial charge in [-0.25, -0.2) is 0 Å². The van der Waals surface area contributed by atoms with Crippen LogP contribution in [0, 0.1) is 0 Å². The first-order valence-corrected chi connectivity index (χ1v) is 11.5. The fourth-order valence-electron chi connectivity index (χ4n) is 3.86. The third-order valence-electron chi connectivity index (χ3n) is 5.70. The van der Waals surface area contributed by atoms with Crippen molar-refractivity contribution in [3.63, 3.8) is 0 Å². The van der Waals surface area contributed by atoms with Crippen LogP contribution in [0.15, 0.2) is 115 Å². The average molecular weight is 452 g/mol. The second kappa shape index (κ2) is 11.3. The Morgan fingerprint density at radius 1 is 0.735 bits per heavy atom. The Bertz CT molecular complexity index is 1180. The molecule has 4 nitrogen and oxygen atoms in total. The van der Waals surface area contributed by atoms with Gasteiger partial charge in [0, 0.05) is 0 Å². The van der Waals surface area contributed by atoms with Crippen molar-refractivity contribution in [3.8, 4) is 11.5 Å². The molecule has 0 saturated heterocycles. The Labute approximate surface area is 201 Å². The quantitative estimate of drug-likeness (QED) is 0.275. The molecule has 0 unspecified atom stereocenters. The fourth-order valence-corrected chi connectivity index (χ4v) is 3.86. The molecule has 0 heterocycles. The number of benzene rings is 4. The highest BCUT2D eigenvalue weighted by Crippen LogP contribution is 2.26. The topological polar surface area (TPSA) is 47.6 Å². The van der Waals surface area contributed by atoms with Crippen LogP contribution in [0.3, 0.4) is 0 Å². The van der Waals surface area contributed by atoms with Crippen LogP contribution in [-0.2, 0) is 28.0 Å². The third-order valence-corrected chi connectivity index (χ3v) is 5.70. The van der Waals surface area contributed by atoms with Crippen molar-refractivity contribution < 1.29 is 14.4 Å². The number of rotatable bonds is 10. The van der Waals surface area contributed by atoms with Gasteiger partial charge in [-0.3, -0.25) is 4.79 Å². The summed E-state index contributed by atoms with van der Waals surface area (Å²) in [7, 11) is 0. The number of aryl methyl sites for hydroxylation is 1. The minimum absolute atomic E-state index is 0.262. The summed E-state index contributed by atoms with van der Waals surface area (Å²) in [4.78, 5) is 18.2. The van der Waals surface area contributed by atoms with Gasteiger partial charge < -0.3 is 9.57 Å². The molecular weight excluding hydrogens is 422 g/mol. The summed E-state index contributed by atoms with van der Waals surface area (Å²) in [6, 6.07) is 37.7. The molecule has 0 aromatic heterocycles. The molecular formula is C30H29NO3. The second-order valence-electron chi connectivity index (χ2n) is 8.50. The number of carbonyl (C=O) groups is 1. The number of carbonyl (C=O) groups excluding carboxylic acids is 1. The van der Waals surface area contributed by atoms with E-state index in [1.807, 2.05) is 110 Å². The minimum atomic E-state index is -0.554. The SMILES string of the molecule is C[C@](Cc1ccccc1)(NOC(=O)CCc1cccc(Oc2ccccc2)c1)c1ccccc1. The van der Waals surface area contributed by atoms with Gasteiger partial charge in [-0.15, -0.1) is 5.48 Å². The largest absolute Gasteiger partial charge is 0.457 e. The Kier molecular flexibility index (Phi) is 7.74. The van der Waals surface area contributed by atoms with E-state index in [9.17, 15) is 4.79 Å². The maximum atomic E-state index is 12.6. The van der Waals surface area contributed by atoms with Crippen LogP contribution in [0.5, 0.6) is 11.5 Å². The number of hydrogen-bond acceptors (Lipinski definition) is 4. The highest BCUT2D eigenvalue weighted by molar-refractivity contribution is 5.69. The molecule has 0 aliphatic carbocycles. The highest BCUT2D eigenvalue weighted by Gasteiger charge is 2.28. The first-order chi connectivity index (χ1) is 16.6. The van der Waals surface area contributed by atoms with Crippen LogP contribution in [0.25, 0.3) is 0 Å². The summed E-state index contributed by atoms with van der Waals surface area (Å²) in [6.45, 7) is 2.05. The number of para-hydroxylation sites is 1. The maximum absolute atomic E-state index is 12.6. The van der Waals surface area contributed by atoms with Crippen molar-refractivity contribution in [1.29, 1.82) is 0 Å². The Morgan fingerprint density at radius 2 is 1.32 bits per heavy atom. The van der Waals surface area contributed by atoms with E-state index in [0.29, 0.717) is 12.8 Å². The Hall–Kier alpha value is -3.89. The summed E-state index contributed by atoms with van der Waals surface area (Å²) < 4.78 is 5.90. The Morgan fingerprint density at radius 3 is 2.03 bits per heavy atom. The molecule has 0 saturated carbocycles. The lowest BCUT2D eigenvalue weighted by atomic mass is 9.86. The van der Waals surface area contributed by atoms with Crippen LogP contribution in [0.1, 0.15) is 30.0 Å². The van der Waals surface area contributed by atoms with E-state index in [1.54, 1.807) is 0 Å². The number of hydroxylamine groups is 1. The predicted octanol–water partition coefficient (Wildman–Crippen LogP) is 6.62. The lowest BCUT2D eigenvalue weighted by Gasteiger charge is -2.30. The summed E-state index contributed by atoms with van der Waals surface area (Å²) in [5.41, 5.74) is 5.74. The normalized spacial score (nSPS) is 12.5. The number of nitrogens with one attached hydrogen (secondary N) is 1. The van der Waals surface area contributed by atoms with Crippen molar-refractivity contribution >= 4 is 5.97 Å². The molecule has 4 heteroatoms. The molecule has 0 fully saturated rings. The van der Waals surface area contributed by atoms with E-state index in [2.05, 4.69) is 17.6 Å². The molecule has 1 atom stereocenters. The summed E-state index contributed by atoms with van der Waals surface area (Å²) in [5.74, 6) is 1.22. The van der Waals surface area contributed by atoms with Gasteiger partial charge in [0.15, 0.2) is 0 Å². The van der Waals surface area contributed by atoms with Crippen molar-refractivity contribution in [2.24, 2.45) is 0 Å². The molecule has 34 heavy (non-hydrogen) atoms. The van der Waals surface area contributed by atoms with Gasteiger partial charge in [-0.05, 0) is 60.7 Å². The zero-order valence-electron chi connectivity index (χ0n) is 19.3. The third kappa shape index (κ3) is 6.56. The predicted molar refractivity (Wildman–Crippen MR) is 134 cm³/mol. The molecule has 0 bridgehead atoms. The van der Waals surface area contributed by atoms with Crippen molar-refractivity contribution in [1.82, 2.24) is 5.48 Å². The van der Waals surface area contributed by atoms with Crippen LogP contribution in [-0.4, -0.2) is 5.97 Å². The van der Waals surface area contributed by atoms with Crippen LogP contribution < -0.4 is 10.2 Å². The van der Waals surface area contributed by atoms with E-state index >= 15 is 0 Å². The van der Waals surface area contributed by atoms with Crippen LogP contribution >= 0.6 is 0 Å². The highest BCUT2D eigenvalue weighted by atomic mass is 16.7. The number of ether oxygens (including phenoxy) is 1. The van der Waals surface area contributed by atoms with Gasteiger partial charge in [0.25, 0.3) is 0 Å². The smallest absolute Gasteiger partial charge is 0.325 e. The van der Waals surface area contributed by atoms with Crippen LogP contribution in [0.4, 0.5) is 0 Å². The zero-order chi connectivity index (χ0) is 23.6. The van der Waals surface area contributed by atoms with E-state index in [0.717, 1.165) is 28.2 Å². The summed E-state index contributed by atoms with van der Waals surface area (Å²) >= 11 is 0. The first kappa shape index (κ1) is 23.3. The second-order valence-corrected chi connectivity index (χ2v) is 8.50. The molecule has 4 aromatic rings. The lowest BCUT2D eigenvalue weighted by molar-refractivity contribution is -0.156. The van der Waals surface area contributed by atoms with Gasteiger partial charge in [-0.2, -0.15) is 0 Å². The van der Waals surface area contributed by atoms with Gasteiger partial charge in [0.05, 0.1) is 12.0 Å². The molecule has 0 spiro atoms. The molecule has 1 N–H and O–H groups in total. The maximum Gasteiger partial charge on any atom is 0.325 e. The standard InChI is InChI=1S/C30H29NO3/c1-30(26-15-7-3-8-16-26,23-25-12-5-2-6-13-25)31-34-29(32)21-20-24-14-11-19-28(22-24)33-27-17-9-4-10-18-27/h2-19,22,31H,20-21,23H2,1H3/t30-/m1/s1. The van der Waals surface area contributed by atoms with Crippen molar-refractivity contribution in [2.75, 3.05) is 0 Å². The van der Waals surface area contributed by atoms with Gasteiger partial charge in [-0.1, -0.05) is 91.0 Å². The van der Waals surface area contributed by atoms with Gasteiger partial charge in [0.2, 0.25) is 0 Å². The molecule has 0 aliphatic heterocycles. The molecule has 4 rings (SSSR count). The van der Waals surface area contributed by atoms with Crippen LogP contribution in [0.2, 0.25) is 0 Å². The Balaban J connectivity index is 1.36. The summed E-state index contributed by atoms with van der Waals surface area (Å²) in [6.07, 6.45) is 1.51. The minimum Gasteiger partial charge on any atom is -0.457 e.